The quantitative estimate of drug-likeness (QED) is 0.243. The van der Waals surface area contributed by atoms with Crippen LogP contribution in [0.25, 0.3) is 0 Å². The fourth-order valence-electron chi connectivity index (χ4n) is 3.20. The van der Waals surface area contributed by atoms with E-state index in [2.05, 4.69) is 12.2 Å². The molecule has 0 bridgehead atoms. The summed E-state index contributed by atoms with van der Waals surface area (Å²) >= 11 is 0. The molecule has 3 heteroatoms. The lowest BCUT2D eigenvalue weighted by Crippen LogP contribution is -2.26. The molecule has 2 N–H and O–H groups in total. The molecule has 0 rings (SSSR count). The predicted octanol–water partition coefficient (Wildman–Crippen LogP) is 6.56. The van der Waals surface area contributed by atoms with Crippen LogP contribution in [0.15, 0.2) is 0 Å². The molecular formula is C22H45NO2. The van der Waals surface area contributed by atoms with E-state index in [1.807, 2.05) is 0 Å². The van der Waals surface area contributed by atoms with Gasteiger partial charge in [0.2, 0.25) is 0 Å². The first-order valence-electron chi connectivity index (χ1n) is 11.1. The number of nitrogens with one attached hydrogen (secondary N) is 1. The maximum absolute atomic E-state index is 10.7. The van der Waals surface area contributed by atoms with Crippen LogP contribution in [0.1, 0.15) is 117 Å². The fourth-order valence-corrected chi connectivity index (χ4v) is 3.20. The van der Waals surface area contributed by atoms with Crippen molar-refractivity contribution in [2.24, 2.45) is 5.92 Å². The molecule has 0 saturated carbocycles. The van der Waals surface area contributed by atoms with Crippen LogP contribution in [0.3, 0.4) is 0 Å². The largest absolute Gasteiger partial charge is 0.481 e. The van der Waals surface area contributed by atoms with Crippen LogP contribution in [-0.4, -0.2) is 24.2 Å². The maximum Gasteiger partial charge on any atom is 0.307 e. The van der Waals surface area contributed by atoms with Crippen LogP contribution in [0.2, 0.25) is 0 Å². The highest BCUT2D eigenvalue weighted by Crippen LogP contribution is 2.13. The Morgan fingerprint density at radius 3 is 1.44 bits per heavy atom. The van der Waals surface area contributed by atoms with E-state index in [-0.39, 0.29) is 5.92 Å². The smallest absolute Gasteiger partial charge is 0.307 e. The minimum atomic E-state index is -0.709. The first-order valence-corrected chi connectivity index (χ1v) is 11.1. The molecule has 3 nitrogen and oxygen atoms in total. The fraction of sp³-hybridized carbons (Fsp3) is 0.955. The van der Waals surface area contributed by atoms with Gasteiger partial charge in [0.25, 0.3) is 0 Å². The standard InChI is InChI=1S/C22H45NO2/c1-3-4-5-6-7-8-9-10-11-12-13-14-15-16-17-18-19-23-20-21(2)22(24)25/h21,23H,3-20H2,1-2H3,(H,24,25). The number of unbranched alkanes of at least 4 members (excludes halogenated alkanes) is 15. The average molecular weight is 356 g/mol. The Bertz CT molecular complexity index is 281. The Morgan fingerprint density at radius 2 is 1.08 bits per heavy atom. The second-order valence-electron chi connectivity index (χ2n) is 7.75. The van der Waals surface area contributed by atoms with Gasteiger partial charge in [-0.15, -0.1) is 0 Å². The molecule has 0 aromatic heterocycles. The van der Waals surface area contributed by atoms with Crippen LogP contribution in [0, 0.1) is 5.92 Å². The minimum absolute atomic E-state index is 0.277. The lowest BCUT2D eigenvalue weighted by molar-refractivity contribution is -0.140. The summed E-state index contributed by atoms with van der Waals surface area (Å²) < 4.78 is 0. The first kappa shape index (κ1) is 24.4. The lowest BCUT2D eigenvalue weighted by atomic mass is 10.0. The van der Waals surface area contributed by atoms with Gasteiger partial charge in [-0.2, -0.15) is 0 Å². The second kappa shape index (κ2) is 19.8. The molecule has 0 heterocycles. The van der Waals surface area contributed by atoms with Crippen LogP contribution in [0.4, 0.5) is 0 Å². The Labute approximate surface area is 157 Å². The van der Waals surface area contributed by atoms with Gasteiger partial charge in [0.15, 0.2) is 0 Å². The molecule has 1 unspecified atom stereocenters. The number of carbonyl (C=O) groups is 1. The third kappa shape index (κ3) is 19.6. The van der Waals surface area contributed by atoms with E-state index in [1.54, 1.807) is 6.92 Å². The molecule has 0 aromatic carbocycles. The van der Waals surface area contributed by atoms with E-state index in [9.17, 15) is 4.79 Å². The average Bonchev–Trinajstić information content (AvgIpc) is 2.60. The maximum atomic E-state index is 10.7. The monoisotopic (exact) mass is 355 g/mol. The van der Waals surface area contributed by atoms with Gasteiger partial charge in [-0.3, -0.25) is 4.79 Å². The SMILES string of the molecule is CCCCCCCCCCCCCCCCCCNCC(C)C(=O)O. The molecule has 0 saturated heterocycles. The van der Waals surface area contributed by atoms with Crippen molar-refractivity contribution in [1.82, 2.24) is 5.32 Å². The predicted molar refractivity (Wildman–Crippen MR) is 109 cm³/mol. The highest BCUT2D eigenvalue weighted by Gasteiger charge is 2.08. The van der Waals surface area contributed by atoms with Crippen LogP contribution in [-0.2, 0) is 4.79 Å². The molecule has 0 amide bonds. The van der Waals surface area contributed by atoms with Crippen LogP contribution in [0.5, 0.6) is 0 Å². The molecular weight excluding hydrogens is 310 g/mol. The van der Waals surface area contributed by atoms with Gasteiger partial charge in [0.1, 0.15) is 0 Å². The molecule has 1 atom stereocenters. The van der Waals surface area contributed by atoms with E-state index in [0.29, 0.717) is 6.54 Å². The Hall–Kier alpha value is -0.570. The molecule has 0 aromatic rings. The summed E-state index contributed by atoms with van der Waals surface area (Å²) in [6, 6.07) is 0. The zero-order valence-corrected chi connectivity index (χ0v) is 17.2. The first-order chi connectivity index (χ1) is 12.2. The molecule has 0 spiro atoms. The van der Waals surface area contributed by atoms with Crippen LogP contribution >= 0.6 is 0 Å². The minimum Gasteiger partial charge on any atom is -0.481 e. The highest BCUT2D eigenvalue weighted by atomic mass is 16.4. The normalized spacial score (nSPS) is 12.4. The summed E-state index contributed by atoms with van der Waals surface area (Å²) in [6.07, 6.45) is 22.2. The Morgan fingerprint density at radius 1 is 0.720 bits per heavy atom. The van der Waals surface area contributed by atoms with Crippen molar-refractivity contribution in [2.45, 2.75) is 117 Å². The summed E-state index contributed by atoms with van der Waals surface area (Å²) in [5, 5.41) is 12.0. The van der Waals surface area contributed by atoms with Gasteiger partial charge in [0.05, 0.1) is 5.92 Å². The lowest BCUT2D eigenvalue weighted by Gasteiger charge is -2.08. The summed E-state index contributed by atoms with van der Waals surface area (Å²) in [5.74, 6) is -0.986. The molecule has 150 valence electrons. The molecule has 0 aliphatic rings. The van der Waals surface area contributed by atoms with Crippen molar-refractivity contribution < 1.29 is 9.90 Å². The van der Waals surface area contributed by atoms with E-state index < -0.39 is 5.97 Å². The molecule has 0 aliphatic carbocycles. The van der Waals surface area contributed by atoms with E-state index >= 15 is 0 Å². The van der Waals surface area contributed by atoms with Gasteiger partial charge >= 0.3 is 5.97 Å². The number of hydrogen-bond acceptors (Lipinski definition) is 2. The summed E-state index contributed by atoms with van der Waals surface area (Å²) in [4.78, 5) is 10.7. The Kier molecular flexibility index (Phi) is 19.3. The molecule has 0 radical (unpaired) electrons. The van der Waals surface area contributed by atoms with Crippen LogP contribution < -0.4 is 5.32 Å². The Balaban J connectivity index is 3.04. The number of carboxylic acids is 1. The number of hydrogen-bond donors (Lipinski definition) is 2. The second-order valence-corrected chi connectivity index (χ2v) is 7.75. The highest BCUT2D eigenvalue weighted by molar-refractivity contribution is 5.69. The zero-order valence-electron chi connectivity index (χ0n) is 17.2. The van der Waals surface area contributed by atoms with Gasteiger partial charge in [0, 0.05) is 6.54 Å². The zero-order chi connectivity index (χ0) is 18.6. The third-order valence-electron chi connectivity index (χ3n) is 5.08. The summed E-state index contributed by atoms with van der Waals surface area (Å²) in [6.45, 7) is 5.58. The number of carboxylic acid groups (broad SMARTS) is 1. The molecule has 25 heavy (non-hydrogen) atoms. The molecule has 0 aliphatic heterocycles. The van der Waals surface area contributed by atoms with Crippen molar-refractivity contribution in [3.8, 4) is 0 Å². The van der Waals surface area contributed by atoms with E-state index in [0.717, 1.165) is 6.54 Å². The van der Waals surface area contributed by atoms with Gasteiger partial charge in [-0.05, 0) is 13.0 Å². The van der Waals surface area contributed by atoms with Gasteiger partial charge in [-0.1, -0.05) is 110 Å². The van der Waals surface area contributed by atoms with Gasteiger partial charge < -0.3 is 10.4 Å². The van der Waals surface area contributed by atoms with Gasteiger partial charge in [-0.25, -0.2) is 0 Å². The van der Waals surface area contributed by atoms with Crippen molar-refractivity contribution in [3.63, 3.8) is 0 Å². The van der Waals surface area contributed by atoms with Crippen molar-refractivity contribution in [2.75, 3.05) is 13.1 Å². The summed E-state index contributed by atoms with van der Waals surface area (Å²) in [5.41, 5.74) is 0. The molecule has 0 fully saturated rings. The van der Waals surface area contributed by atoms with Crippen molar-refractivity contribution in [3.05, 3.63) is 0 Å². The number of rotatable bonds is 20. The summed E-state index contributed by atoms with van der Waals surface area (Å²) in [7, 11) is 0. The topological polar surface area (TPSA) is 49.3 Å². The third-order valence-corrected chi connectivity index (χ3v) is 5.08. The van der Waals surface area contributed by atoms with Crippen molar-refractivity contribution in [1.29, 1.82) is 0 Å². The number of aliphatic carboxylic acids is 1. The van der Waals surface area contributed by atoms with E-state index in [4.69, 9.17) is 5.11 Å². The van der Waals surface area contributed by atoms with E-state index in [1.165, 1.54) is 103 Å². The van der Waals surface area contributed by atoms with Crippen molar-refractivity contribution >= 4 is 5.97 Å².